The van der Waals surface area contributed by atoms with Gasteiger partial charge in [-0.25, -0.2) is 15.0 Å². The van der Waals surface area contributed by atoms with Gasteiger partial charge >= 0.3 is 0 Å². The second kappa shape index (κ2) is 15.3. The van der Waals surface area contributed by atoms with Gasteiger partial charge in [0.05, 0.1) is 11.6 Å². The predicted molar refractivity (Wildman–Crippen MR) is 262 cm³/mol. The molecule has 1 heterocycles. The Morgan fingerprint density at radius 3 is 1.25 bits per heavy atom. The van der Waals surface area contributed by atoms with Gasteiger partial charge < -0.3 is 0 Å². The minimum Gasteiger partial charge on any atom is -0.208 e. The van der Waals surface area contributed by atoms with Crippen molar-refractivity contribution in [2.75, 3.05) is 0 Å². The number of hydrogen-bond donors (Lipinski definition) is 0. The molecule has 4 heteroatoms. The summed E-state index contributed by atoms with van der Waals surface area (Å²) in [5.74, 6) is 1.93. The minimum absolute atomic E-state index is 0.636. The number of nitrogens with zero attached hydrogens (tertiary/aromatic N) is 4. The Labute approximate surface area is 371 Å². The molecule has 1 aliphatic carbocycles. The topological polar surface area (TPSA) is 62.5 Å². The van der Waals surface area contributed by atoms with Crippen LogP contribution in [0.2, 0.25) is 0 Å². The molecule has 0 unspecified atom stereocenters. The van der Waals surface area contributed by atoms with Crippen molar-refractivity contribution < 1.29 is 0 Å². The lowest BCUT2D eigenvalue weighted by atomic mass is 9.87. The van der Waals surface area contributed by atoms with Crippen LogP contribution in [0.1, 0.15) is 5.56 Å². The number of rotatable bonds is 7. The lowest BCUT2D eigenvalue weighted by Crippen LogP contribution is -2.00. The molecule has 64 heavy (non-hydrogen) atoms. The highest BCUT2D eigenvalue weighted by atomic mass is 15.0. The zero-order valence-corrected chi connectivity index (χ0v) is 34.6. The molecule has 296 valence electrons. The average molecular weight is 813 g/mol. The van der Waals surface area contributed by atoms with E-state index in [4.69, 9.17) is 15.0 Å². The van der Waals surface area contributed by atoms with E-state index in [1.807, 2.05) is 78.9 Å². The molecule has 0 bridgehead atoms. The first kappa shape index (κ1) is 37.0. The van der Waals surface area contributed by atoms with Crippen molar-refractivity contribution in [1.82, 2.24) is 15.0 Å². The Morgan fingerprint density at radius 2 is 0.688 bits per heavy atom. The number of hydrogen-bond acceptors (Lipinski definition) is 4. The van der Waals surface area contributed by atoms with Crippen LogP contribution >= 0.6 is 0 Å². The van der Waals surface area contributed by atoms with E-state index < -0.39 is 0 Å². The fourth-order valence-electron chi connectivity index (χ4n) is 9.33. The van der Waals surface area contributed by atoms with E-state index in [-0.39, 0.29) is 0 Å². The average Bonchev–Trinajstić information content (AvgIpc) is 3.71. The number of aromatic nitrogens is 3. The van der Waals surface area contributed by atoms with E-state index in [2.05, 4.69) is 146 Å². The van der Waals surface area contributed by atoms with E-state index >= 15 is 0 Å². The first-order valence-electron chi connectivity index (χ1n) is 21.5. The first-order valence-corrected chi connectivity index (χ1v) is 21.5. The number of fused-ring (bicyclic) bond motifs is 4. The van der Waals surface area contributed by atoms with Crippen LogP contribution in [0.4, 0.5) is 0 Å². The molecule has 0 saturated heterocycles. The third-order valence-corrected chi connectivity index (χ3v) is 12.5. The predicted octanol–water partition coefficient (Wildman–Crippen LogP) is 15.4. The van der Waals surface area contributed by atoms with Crippen molar-refractivity contribution in [3.8, 4) is 107 Å². The summed E-state index contributed by atoms with van der Waals surface area (Å²) in [6.45, 7) is 0. The van der Waals surface area contributed by atoms with Crippen molar-refractivity contribution in [3.63, 3.8) is 0 Å². The minimum atomic E-state index is 0.636. The standard InChI is InChI=1S/C60H36N4/c61-37-38-18-19-41-24-29-48(36-49(41)34-38)51-31-33-55-53-17-8-7-16-52(53)54-32-30-50(56(51)57(54)55)42-25-20-39(21-26-42)46-14-9-15-47(35-46)40-22-27-45(28-23-40)60-63-58(43-10-3-1-4-11-43)62-59(64-60)44-12-5-2-6-13-44/h1-36H. The SMILES string of the molecule is N#Cc1ccc2ccc(-c3ccc4c5c(ccc(-c6ccc(-c7cccc(-c8ccc(-c9nc(-c%10ccccc%10)nc(-c%10ccccc%10)n9)cc8)c7)cc6)c35)-c3ccccc3-4)cc2c1. The molecule has 0 spiro atoms. The molecular formula is C60H36N4. The van der Waals surface area contributed by atoms with Crippen LogP contribution in [0.15, 0.2) is 218 Å². The van der Waals surface area contributed by atoms with Crippen molar-refractivity contribution in [2.24, 2.45) is 0 Å². The Bertz CT molecular complexity index is 3560. The van der Waals surface area contributed by atoms with Gasteiger partial charge in [-0.2, -0.15) is 5.26 Å². The summed E-state index contributed by atoms with van der Waals surface area (Å²) in [4.78, 5) is 14.7. The summed E-state index contributed by atoms with van der Waals surface area (Å²) in [6.07, 6.45) is 0. The highest BCUT2D eigenvalue weighted by Crippen LogP contribution is 2.52. The third-order valence-electron chi connectivity index (χ3n) is 12.5. The molecule has 10 aromatic carbocycles. The van der Waals surface area contributed by atoms with Crippen molar-refractivity contribution >= 4 is 21.5 Å². The lowest BCUT2D eigenvalue weighted by molar-refractivity contribution is 1.07. The van der Waals surface area contributed by atoms with Gasteiger partial charge in [-0.3, -0.25) is 0 Å². The summed E-state index contributed by atoms with van der Waals surface area (Å²) >= 11 is 0. The largest absolute Gasteiger partial charge is 0.208 e. The second-order valence-electron chi connectivity index (χ2n) is 16.3. The van der Waals surface area contributed by atoms with Gasteiger partial charge in [0.15, 0.2) is 17.5 Å². The molecule has 4 nitrogen and oxygen atoms in total. The first-order chi connectivity index (χ1) is 31.6. The smallest absolute Gasteiger partial charge is 0.164 e. The maximum Gasteiger partial charge on any atom is 0.164 e. The number of benzene rings is 10. The molecule has 11 aromatic rings. The molecular weight excluding hydrogens is 777 g/mol. The summed E-state index contributed by atoms with van der Waals surface area (Å²) in [7, 11) is 0. The Kier molecular flexibility index (Phi) is 8.84. The van der Waals surface area contributed by atoms with Crippen molar-refractivity contribution in [3.05, 3.63) is 224 Å². The highest BCUT2D eigenvalue weighted by molar-refractivity contribution is 6.22. The Hall–Kier alpha value is -8.78. The van der Waals surface area contributed by atoms with Crippen LogP contribution in [0.25, 0.3) is 122 Å². The normalized spacial score (nSPS) is 11.4. The fourth-order valence-corrected chi connectivity index (χ4v) is 9.33. The zero-order chi connectivity index (χ0) is 42.6. The molecule has 0 amide bonds. The summed E-state index contributed by atoms with van der Waals surface area (Å²) in [5, 5.41) is 14.4. The summed E-state index contributed by atoms with van der Waals surface area (Å²) < 4.78 is 0. The van der Waals surface area contributed by atoms with Gasteiger partial charge in [0, 0.05) is 16.7 Å². The van der Waals surface area contributed by atoms with E-state index in [9.17, 15) is 5.26 Å². The second-order valence-corrected chi connectivity index (χ2v) is 16.3. The molecule has 1 aliphatic rings. The van der Waals surface area contributed by atoms with E-state index in [1.165, 1.54) is 44.2 Å². The zero-order valence-electron chi connectivity index (χ0n) is 34.6. The maximum absolute atomic E-state index is 9.66. The van der Waals surface area contributed by atoms with Gasteiger partial charge in [-0.15, -0.1) is 0 Å². The summed E-state index contributed by atoms with van der Waals surface area (Å²) in [6, 6.07) is 79.1. The fraction of sp³-hybridized carbons (Fsp3) is 0. The lowest BCUT2D eigenvalue weighted by Gasteiger charge is -2.16. The molecule has 0 saturated carbocycles. The Morgan fingerprint density at radius 1 is 0.266 bits per heavy atom. The quantitative estimate of drug-likeness (QED) is 0.161. The van der Waals surface area contributed by atoms with Crippen LogP contribution in [0, 0.1) is 11.3 Å². The monoisotopic (exact) mass is 812 g/mol. The van der Waals surface area contributed by atoms with Gasteiger partial charge in [0.1, 0.15) is 0 Å². The maximum atomic E-state index is 9.66. The van der Waals surface area contributed by atoms with Crippen molar-refractivity contribution in [2.45, 2.75) is 0 Å². The molecule has 0 N–H and O–H groups in total. The third kappa shape index (κ3) is 6.43. The highest BCUT2D eigenvalue weighted by Gasteiger charge is 2.25. The van der Waals surface area contributed by atoms with Gasteiger partial charge in [-0.05, 0) is 113 Å². The number of nitriles is 1. The van der Waals surface area contributed by atoms with Crippen LogP contribution < -0.4 is 0 Å². The van der Waals surface area contributed by atoms with Crippen LogP contribution in [-0.2, 0) is 0 Å². The molecule has 12 rings (SSSR count). The van der Waals surface area contributed by atoms with E-state index in [1.54, 1.807) is 0 Å². The molecule has 0 aliphatic heterocycles. The van der Waals surface area contributed by atoms with Crippen LogP contribution in [0.5, 0.6) is 0 Å². The van der Waals surface area contributed by atoms with Crippen LogP contribution in [-0.4, -0.2) is 15.0 Å². The van der Waals surface area contributed by atoms with E-state index in [0.717, 1.165) is 60.8 Å². The summed E-state index contributed by atoms with van der Waals surface area (Å²) in [5.41, 5.74) is 17.8. The van der Waals surface area contributed by atoms with Gasteiger partial charge in [0.2, 0.25) is 0 Å². The van der Waals surface area contributed by atoms with Gasteiger partial charge in [-0.1, -0.05) is 194 Å². The molecule has 0 radical (unpaired) electrons. The van der Waals surface area contributed by atoms with Gasteiger partial charge in [0.25, 0.3) is 0 Å². The van der Waals surface area contributed by atoms with Crippen molar-refractivity contribution in [1.29, 1.82) is 5.26 Å². The molecule has 1 aromatic heterocycles. The van der Waals surface area contributed by atoms with Crippen LogP contribution in [0.3, 0.4) is 0 Å². The molecule has 0 atom stereocenters. The molecule has 0 fully saturated rings. The van der Waals surface area contributed by atoms with E-state index in [0.29, 0.717) is 23.0 Å². The Balaban J connectivity index is 0.892.